The topological polar surface area (TPSA) is 41.7 Å². The summed E-state index contributed by atoms with van der Waals surface area (Å²) in [5, 5.41) is 0. The first-order chi connectivity index (χ1) is 15.4. The summed E-state index contributed by atoms with van der Waals surface area (Å²) >= 11 is 0. The van der Waals surface area contributed by atoms with Crippen molar-refractivity contribution in [2.75, 3.05) is 19.6 Å². The maximum Gasteiger partial charge on any atom is 0.573 e. The van der Waals surface area contributed by atoms with Crippen LogP contribution in [0.2, 0.25) is 0 Å². The van der Waals surface area contributed by atoms with Gasteiger partial charge in [0.25, 0.3) is 0 Å². The standard InChI is InChI=1S/C24H26F3N3O2/c1-2-30(21-12-13-29(16-21)14-18-6-4-3-5-7-18)15-20-17-31-23(28-20)19-8-10-22(11-9-19)32-24(25,26)27/h3-11,17,21H,2,12-16H2,1H3. The van der Waals surface area contributed by atoms with Crippen LogP contribution in [0.5, 0.6) is 5.75 Å². The minimum atomic E-state index is -4.71. The molecule has 2 heterocycles. The van der Waals surface area contributed by atoms with Crippen molar-refractivity contribution in [3.63, 3.8) is 0 Å². The fourth-order valence-corrected chi connectivity index (χ4v) is 4.11. The molecular weight excluding hydrogens is 419 g/mol. The summed E-state index contributed by atoms with van der Waals surface area (Å²) < 4.78 is 46.5. The number of benzene rings is 2. The summed E-state index contributed by atoms with van der Waals surface area (Å²) in [5.41, 5.74) is 2.73. The van der Waals surface area contributed by atoms with Crippen molar-refractivity contribution in [1.29, 1.82) is 0 Å². The van der Waals surface area contributed by atoms with Crippen LogP contribution in [-0.2, 0) is 13.1 Å². The normalized spacial score (nSPS) is 17.2. The first-order valence-electron chi connectivity index (χ1n) is 10.7. The van der Waals surface area contributed by atoms with Gasteiger partial charge < -0.3 is 9.15 Å². The molecule has 1 aromatic heterocycles. The fraction of sp³-hybridized carbons (Fsp3) is 0.375. The molecule has 3 aromatic rings. The van der Waals surface area contributed by atoms with Crippen molar-refractivity contribution < 1.29 is 22.3 Å². The van der Waals surface area contributed by atoms with Gasteiger partial charge in [-0.2, -0.15) is 0 Å². The van der Waals surface area contributed by atoms with Crippen molar-refractivity contribution in [2.45, 2.75) is 38.8 Å². The van der Waals surface area contributed by atoms with E-state index in [1.807, 2.05) is 6.07 Å². The number of oxazole rings is 1. The van der Waals surface area contributed by atoms with E-state index in [0.717, 1.165) is 38.3 Å². The lowest BCUT2D eigenvalue weighted by Crippen LogP contribution is -2.37. The molecule has 0 spiro atoms. The second kappa shape index (κ2) is 9.75. The molecule has 5 nitrogen and oxygen atoms in total. The summed E-state index contributed by atoms with van der Waals surface area (Å²) in [6.45, 7) is 6.73. The summed E-state index contributed by atoms with van der Waals surface area (Å²) in [5.74, 6) is 0.109. The van der Waals surface area contributed by atoms with Gasteiger partial charge in [-0.3, -0.25) is 9.80 Å². The summed E-state index contributed by atoms with van der Waals surface area (Å²) in [6, 6.07) is 16.5. The predicted octanol–water partition coefficient (Wildman–Crippen LogP) is 5.34. The number of likely N-dealkylation sites (N-methyl/N-ethyl adjacent to an activating group) is 1. The fourth-order valence-electron chi connectivity index (χ4n) is 4.11. The molecule has 1 atom stereocenters. The Balaban J connectivity index is 1.35. The van der Waals surface area contributed by atoms with Crippen LogP contribution < -0.4 is 4.74 Å². The van der Waals surface area contributed by atoms with Crippen molar-refractivity contribution in [3.05, 3.63) is 72.1 Å². The third-order valence-corrected chi connectivity index (χ3v) is 5.67. The van der Waals surface area contributed by atoms with Crippen LogP contribution in [0.4, 0.5) is 13.2 Å². The number of halogens is 3. The maximum atomic E-state index is 12.3. The molecule has 0 bridgehead atoms. The average Bonchev–Trinajstić information content (AvgIpc) is 3.42. The van der Waals surface area contributed by atoms with Crippen LogP contribution in [-0.4, -0.2) is 46.8 Å². The molecule has 1 aliphatic rings. The molecule has 1 unspecified atom stereocenters. The number of nitrogens with zero attached hydrogens (tertiary/aromatic N) is 3. The van der Waals surface area contributed by atoms with Gasteiger partial charge in [-0.05, 0) is 42.8 Å². The molecule has 1 fully saturated rings. The van der Waals surface area contributed by atoms with E-state index in [1.165, 1.54) is 29.8 Å². The molecule has 2 aromatic carbocycles. The van der Waals surface area contributed by atoms with E-state index in [-0.39, 0.29) is 5.75 Å². The van der Waals surface area contributed by atoms with Crippen LogP contribution >= 0.6 is 0 Å². The van der Waals surface area contributed by atoms with Gasteiger partial charge in [0, 0.05) is 37.8 Å². The van der Waals surface area contributed by atoms with Gasteiger partial charge in [-0.1, -0.05) is 37.3 Å². The summed E-state index contributed by atoms with van der Waals surface area (Å²) in [7, 11) is 0. The highest BCUT2D eigenvalue weighted by Crippen LogP contribution is 2.27. The van der Waals surface area contributed by atoms with Gasteiger partial charge in [-0.25, -0.2) is 4.98 Å². The van der Waals surface area contributed by atoms with Gasteiger partial charge in [-0.15, -0.1) is 13.2 Å². The van der Waals surface area contributed by atoms with E-state index in [9.17, 15) is 13.2 Å². The van der Waals surface area contributed by atoms with Crippen molar-refractivity contribution in [1.82, 2.24) is 14.8 Å². The van der Waals surface area contributed by atoms with Gasteiger partial charge in [0.05, 0.1) is 5.69 Å². The Morgan fingerprint density at radius 2 is 1.88 bits per heavy atom. The number of hydrogen-bond acceptors (Lipinski definition) is 5. The smallest absolute Gasteiger partial charge is 0.444 e. The Hall–Kier alpha value is -2.84. The van der Waals surface area contributed by atoms with E-state index in [4.69, 9.17) is 4.42 Å². The van der Waals surface area contributed by atoms with Crippen LogP contribution in [0.1, 0.15) is 24.6 Å². The third-order valence-electron chi connectivity index (χ3n) is 5.67. The molecule has 0 amide bonds. The summed E-state index contributed by atoms with van der Waals surface area (Å²) in [6.07, 6.45) is -1.99. The van der Waals surface area contributed by atoms with Gasteiger partial charge in [0.2, 0.25) is 5.89 Å². The number of alkyl halides is 3. The number of rotatable bonds is 8. The van der Waals surface area contributed by atoms with Crippen molar-refractivity contribution in [3.8, 4) is 17.2 Å². The molecule has 4 rings (SSSR count). The lowest BCUT2D eigenvalue weighted by atomic mass is 10.2. The van der Waals surface area contributed by atoms with Gasteiger partial charge in [0.1, 0.15) is 12.0 Å². The van der Waals surface area contributed by atoms with Crippen LogP contribution in [0.15, 0.2) is 65.3 Å². The molecule has 0 saturated carbocycles. The molecule has 1 aliphatic heterocycles. The zero-order valence-electron chi connectivity index (χ0n) is 17.9. The quantitative estimate of drug-likeness (QED) is 0.468. The molecule has 1 saturated heterocycles. The van der Waals surface area contributed by atoms with E-state index >= 15 is 0 Å². The van der Waals surface area contributed by atoms with Crippen LogP contribution in [0.3, 0.4) is 0 Å². The number of likely N-dealkylation sites (tertiary alicyclic amines) is 1. The lowest BCUT2D eigenvalue weighted by Gasteiger charge is -2.27. The Morgan fingerprint density at radius 1 is 1.12 bits per heavy atom. The molecule has 32 heavy (non-hydrogen) atoms. The predicted molar refractivity (Wildman–Crippen MR) is 115 cm³/mol. The van der Waals surface area contributed by atoms with Gasteiger partial charge in [0.15, 0.2) is 0 Å². The molecule has 170 valence electrons. The second-order valence-corrected chi connectivity index (χ2v) is 7.94. The van der Waals surface area contributed by atoms with Crippen LogP contribution in [0.25, 0.3) is 11.5 Å². The van der Waals surface area contributed by atoms with Crippen LogP contribution in [0, 0.1) is 0 Å². The molecular formula is C24H26F3N3O2. The SMILES string of the molecule is CCN(Cc1coc(-c2ccc(OC(F)(F)F)cc2)n1)C1CCN(Cc2ccccc2)C1. The zero-order chi connectivity index (χ0) is 22.6. The van der Waals surface area contributed by atoms with E-state index in [0.29, 0.717) is 24.0 Å². The molecule has 8 heteroatoms. The van der Waals surface area contributed by atoms with Gasteiger partial charge >= 0.3 is 6.36 Å². The maximum absolute atomic E-state index is 12.3. The van der Waals surface area contributed by atoms with E-state index in [1.54, 1.807) is 6.26 Å². The highest BCUT2D eigenvalue weighted by atomic mass is 19.4. The average molecular weight is 445 g/mol. The lowest BCUT2D eigenvalue weighted by molar-refractivity contribution is -0.274. The van der Waals surface area contributed by atoms with Crippen molar-refractivity contribution >= 4 is 0 Å². The molecule has 0 radical (unpaired) electrons. The Bertz CT molecular complexity index is 990. The monoisotopic (exact) mass is 445 g/mol. The number of ether oxygens (including phenoxy) is 1. The minimum Gasteiger partial charge on any atom is -0.444 e. The number of aromatic nitrogens is 1. The first kappa shape index (κ1) is 22.4. The largest absolute Gasteiger partial charge is 0.573 e. The van der Waals surface area contributed by atoms with Crippen molar-refractivity contribution in [2.24, 2.45) is 0 Å². The Labute approximate surface area is 185 Å². The molecule has 0 aliphatic carbocycles. The second-order valence-electron chi connectivity index (χ2n) is 7.94. The third kappa shape index (κ3) is 5.89. The van der Waals surface area contributed by atoms with E-state index in [2.05, 4.69) is 50.7 Å². The number of hydrogen-bond donors (Lipinski definition) is 0. The minimum absolute atomic E-state index is 0.272. The van der Waals surface area contributed by atoms with E-state index < -0.39 is 6.36 Å². The zero-order valence-corrected chi connectivity index (χ0v) is 17.9. The Morgan fingerprint density at radius 3 is 2.56 bits per heavy atom. The first-order valence-corrected chi connectivity index (χ1v) is 10.7. The molecule has 0 N–H and O–H groups in total. The highest BCUT2D eigenvalue weighted by Gasteiger charge is 2.31. The highest BCUT2D eigenvalue weighted by molar-refractivity contribution is 5.54. The summed E-state index contributed by atoms with van der Waals surface area (Å²) in [4.78, 5) is 9.42. The Kier molecular flexibility index (Phi) is 6.81.